The molecule has 0 spiro atoms. The number of carbonyl (C=O) groups is 2. The molecule has 1 atom stereocenters. The van der Waals surface area contributed by atoms with Crippen molar-refractivity contribution in [3.8, 4) is 0 Å². The zero-order chi connectivity index (χ0) is 13.7. The number of hydrogen-bond donors (Lipinski definition) is 2. The molecule has 0 fully saturated rings. The maximum Gasteiger partial charge on any atom is 0.315 e. The van der Waals surface area contributed by atoms with Crippen molar-refractivity contribution in [2.45, 2.75) is 20.3 Å². The highest BCUT2D eigenvalue weighted by Crippen LogP contribution is 2.10. The van der Waals surface area contributed by atoms with Crippen molar-refractivity contribution in [1.82, 2.24) is 5.32 Å². The van der Waals surface area contributed by atoms with Crippen molar-refractivity contribution in [2.75, 3.05) is 6.54 Å². The van der Waals surface area contributed by atoms with Crippen LogP contribution in [0.4, 0.5) is 4.39 Å². The van der Waals surface area contributed by atoms with E-state index in [9.17, 15) is 14.0 Å². The summed E-state index contributed by atoms with van der Waals surface area (Å²) in [5.74, 6) is -3.01. The van der Waals surface area contributed by atoms with Gasteiger partial charge >= 0.3 is 5.97 Å². The molecule has 1 amide bonds. The molecule has 0 saturated heterocycles. The second kappa shape index (κ2) is 6.14. The summed E-state index contributed by atoms with van der Waals surface area (Å²) in [6.07, 6.45) is 0.546. The molecule has 1 aromatic rings. The van der Waals surface area contributed by atoms with Crippen LogP contribution in [-0.4, -0.2) is 23.5 Å². The molecule has 4 nitrogen and oxygen atoms in total. The summed E-state index contributed by atoms with van der Waals surface area (Å²) in [5, 5.41) is 11.2. The Kier molecular flexibility index (Phi) is 4.83. The number of halogens is 1. The molecule has 1 unspecified atom stereocenters. The number of aryl methyl sites for hydroxylation is 1. The summed E-state index contributed by atoms with van der Waals surface area (Å²) in [6, 6.07) is 4.46. The molecule has 1 aromatic carbocycles. The Morgan fingerprint density at radius 3 is 2.67 bits per heavy atom. The Morgan fingerprint density at radius 1 is 1.44 bits per heavy atom. The highest BCUT2D eigenvalue weighted by molar-refractivity contribution is 5.96. The Bertz CT molecular complexity index is 460. The van der Waals surface area contributed by atoms with Gasteiger partial charge in [-0.2, -0.15) is 0 Å². The third-order valence-electron chi connectivity index (χ3n) is 2.76. The largest absolute Gasteiger partial charge is 0.481 e. The average Bonchev–Trinajstić information content (AvgIpc) is 2.30. The van der Waals surface area contributed by atoms with E-state index in [0.29, 0.717) is 13.0 Å². The van der Waals surface area contributed by atoms with Gasteiger partial charge in [0, 0.05) is 6.54 Å². The van der Waals surface area contributed by atoms with Crippen LogP contribution < -0.4 is 5.32 Å². The number of benzene rings is 1. The molecule has 0 aliphatic carbocycles. The molecule has 0 radical (unpaired) electrons. The van der Waals surface area contributed by atoms with E-state index in [2.05, 4.69) is 5.32 Å². The van der Waals surface area contributed by atoms with Crippen molar-refractivity contribution in [3.05, 3.63) is 35.1 Å². The maximum atomic E-state index is 12.9. The molecule has 0 aliphatic rings. The van der Waals surface area contributed by atoms with Crippen LogP contribution in [0.3, 0.4) is 0 Å². The summed E-state index contributed by atoms with van der Waals surface area (Å²) >= 11 is 0. The van der Waals surface area contributed by atoms with Gasteiger partial charge in [-0.05, 0) is 43.5 Å². The minimum atomic E-state index is -1.15. The number of aliphatic carboxylic acids is 1. The molecule has 1 rings (SSSR count). The van der Waals surface area contributed by atoms with Gasteiger partial charge in [0.2, 0.25) is 5.91 Å². The van der Waals surface area contributed by atoms with Crippen molar-refractivity contribution in [2.24, 2.45) is 5.92 Å². The first-order chi connectivity index (χ1) is 8.41. The lowest BCUT2D eigenvalue weighted by molar-refractivity contribution is -0.146. The van der Waals surface area contributed by atoms with Crippen molar-refractivity contribution in [3.63, 3.8) is 0 Å². The minimum absolute atomic E-state index is 0.292. The summed E-state index contributed by atoms with van der Waals surface area (Å²) in [6.45, 7) is 3.46. The fourth-order valence-corrected chi connectivity index (χ4v) is 1.53. The summed E-state index contributed by atoms with van der Waals surface area (Å²) in [7, 11) is 0. The smallest absolute Gasteiger partial charge is 0.315 e. The topological polar surface area (TPSA) is 66.4 Å². The number of rotatable bonds is 5. The Balaban J connectivity index is 2.47. The van der Waals surface area contributed by atoms with Gasteiger partial charge in [0.05, 0.1) is 0 Å². The molecule has 0 aromatic heterocycles. The van der Waals surface area contributed by atoms with E-state index in [0.717, 1.165) is 11.1 Å². The zero-order valence-electron chi connectivity index (χ0n) is 10.4. The third-order valence-corrected chi connectivity index (χ3v) is 2.76. The predicted octanol–water partition coefficient (Wildman–Crippen LogP) is 1.51. The quantitative estimate of drug-likeness (QED) is 0.782. The van der Waals surface area contributed by atoms with Gasteiger partial charge in [-0.3, -0.25) is 9.59 Å². The first kappa shape index (κ1) is 14.2. The van der Waals surface area contributed by atoms with E-state index in [1.54, 1.807) is 13.0 Å². The maximum absolute atomic E-state index is 12.9. The number of amides is 1. The normalized spacial score (nSPS) is 11.9. The van der Waals surface area contributed by atoms with Crippen molar-refractivity contribution >= 4 is 11.9 Å². The lowest BCUT2D eigenvalue weighted by Gasteiger charge is -2.09. The van der Waals surface area contributed by atoms with Crippen molar-refractivity contribution in [1.29, 1.82) is 0 Å². The van der Waals surface area contributed by atoms with Crippen LogP contribution in [0.2, 0.25) is 0 Å². The van der Waals surface area contributed by atoms with Crippen LogP contribution in [0.5, 0.6) is 0 Å². The van der Waals surface area contributed by atoms with Gasteiger partial charge in [0.1, 0.15) is 11.7 Å². The number of carboxylic acid groups (broad SMARTS) is 1. The van der Waals surface area contributed by atoms with E-state index in [-0.39, 0.29) is 5.82 Å². The van der Waals surface area contributed by atoms with Gasteiger partial charge in [-0.1, -0.05) is 6.07 Å². The first-order valence-electron chi connectivity index (χ1n) is 5.67. The van der Waals surface area contributed by atoms with Gasteiger partial charge in [0.25, 0.3) is 0 Å². The lowest BCUT2D eigenvalue weighted by atomic mass is 10.1. The van der Waals surface area contributed by atoms with E-state index in [1.807, 2.05) is 0 Å². The third kappa shape index (κ3) is 3.84. The van der Waals surface area contributed by atoms with Crippen LogP contribution >= 0.6 is 0 Å². The van der Waals surface area contributed by atoms with Crippen LogP contribution in [0.25, 0.3) is 0 Å². The molecular formula is C13H16FNO3. The highest BCUT2D eigenvalue weighted by Gasteiger charge is 2.19. The standard InChI is InChI=1S/C13H16FNO3/c1-8-7-11(14)4-3-10(8)5-6-15-12(16)9(2)13(17)18/h3-4,7,9H,5-6H2,1-2H3,(H,15,16)(H,17,18). The molecule has 98 valence electrons. The second-order valence-electron chi connectivity index (χ2n) is 4.17. The van der Waals surface area contributed by atoms with Crippen LogP contribution in [0.15, 0.2) is 18.2 Å². The minimum Gasteiger partial charge on any atom is -0.481 e. The van der Waals surface area contributed by atoms with Crippen LogP contribution in [-0.2, 0) is 16.0 Å². The number of carbonyl (C=O) groups excluding carboxylic acids is 1. The molecule has 0 aliphatic heterocycles. The molecule has 0 saturated carbocycles. The van der Waals surface area contributed by atoms with Gasteiger partial charge in [-0.15, -0.1) is 0 Å². The molecular weight excluding hydrogens is 237 g/mol. The summed E-state index contributed by atoms with van der Waals surface area (Å²) in [5.41, 5.74) is 1.75. The summed E-state index contributed by atoms with van der Waals surface area (Å²) < 4.78 is 12.9. The van der Waals surface area contributed by atoms with E-state index in [4.69, 9.17) is 5.11 Å². The second-order valence-corrected chi connectivity index (χ2v) is 4.17. The number of carboxylic acids is 1. The average molecular weight is 253 g/mol. The van der Waals surface area contributed by atoms with Crippen LogP contribution in [0.1, 0.15) is 18.1 Å². The highest BCUT2D eigenvalue weighted by atomic mass is 19.1. The van der Waals surface area contributed by atoms with Gasteiger partial charge in [0.15, 0.2) is 0 Å². The first-order valence-corrected chi connectivity index (χ1v) is 5.67. The number of nitrogens with one attached hydrogen (secondary N) is 1. The molecule has 0 bridgehead atoms. The fourth-order valence-electron chi connectivity index (χ4n) is 1.53. The SMILES string of the molecule is Cc1cc(F)ccc1CCNC(=O)C(C)C(=O)O. The molecule has 5 heteroatoms. The summed E-state index contributed by atoms with van der Waals surface area (Å²) in [4.78, 5) is 21.9. The van der Waals surface area contributed by atoms with Gasteiger partial charge < -0.3 is 10.4 Å². The predicted molar refractivity (Wildman–Crippen MR) is 64.7 cm³/mol. The van der Waals surface area contributed by atoms with E-state index < -0.39 is 17.8 Å². The Hall–Kier alpha value is -1.91. The van der Waals surface area contributed by atoms with E-state index >= 15 is 0 Å². The van der Waals surface area contributed by atoms with E-state index in [1.165, 1.54) is 19.1 Å². The number of hydrogen-bond acceptors (Lipinski definition) is 2. The van der Waals surface area contributed by atoms with Gasteiger partial charge in [-0.25, -0.2) is 4.39 Å². The molecule has 18 heavy (non-hydrogen) atoms. The molecule has 2 N–H and O–H groups in total. The zero-order valence-corrected chi connectivity index (χ0v) is 10.4. The van der Waals surface area contributed by atoms with Crippen molar-refractivity contribution < 1.29 is 19.1 Å². The lowest BCUT2D eigenvalue weighted by Crippen LogP contribution is -2.34. The van der Waals surface area contributed by atoms with Crippen LogP contribution in [0, 0.1) is 18.7 Å². The fraction of sp³-hybridized carbons (Fsp3) is 0.385. The Labute approximate surface area is 105 Å². The Morgan fingerprint density at radius 2 is 2.11 bits per heavy atom. The molecule has 0 heterocycles. The monoisotopic (exact) mass is 253 g/mol.